The van der Waals surface area contributed by atoms with E-state index in [0.29, 0.717) is 18.0 Å². The molecule has 94 valence electrons. The van der Waals surface area contributed by atoms with E-state index in [4.69, 9.17) is 4.74 Å². The van der Waals surface area contributed by atoms with Crippen molar-refractivity contribution in [1.29, 1.82) is 0 Å². The SMILES string of the molecule is O=c1ccnc2c(OCc3ccccc3)cncn12. The van der Waals surface area contributed by atoms with Crippen molar-refractivity contribution in [2.45, 2.75) is 6.61 Å². The fraction of sp³-hybridized carbons (Fsp3) is 0.0714. The molecule has 0 bridgehead atoms. The molecule has 0 fully saturated rings. The molecule has 0 atom stereocenters. The molecule has 0 aliphatic carbocycles. The molecule has 1 aromatic carbocycles. The molecule has 5 nitrogen and oxygen atoms in total. The first-order valence-electron chi connectivity index (χ1n) is 5.83. The Kier molecular flexibility index (Phi) is 2.94. The number of hydrogen-bond donors (Lipinski definition) is 0. The third-order valence-electron chi connectivity index (χ3n) is 2.71. The molecule has 3 rings (SSSR count). The molecule has 19 heavy (non-hydrogen) atoms. The van der Waals surface area contributed by atoms with E-state index < -0.39 is 0 Å². The molecule has 0 aliphatic heterocycles. The zero-order chi connectivity index (χ0) is 13.1. The van der Waals surface area contributed by atoms with E-state index in [-0.39, 0.29) is 5.56 Å². The first-order valence-corrected chi connectivity index (χ1v) is 5.83. The normalized spacial score (nSPS) is 10.5. The van der Waals surface area contributed by atoms with Gasteiger partial charge in [-0.2, -0.15) is 0 Å². The van der Waals surface area contributed by atoms with Crippen LogP contribution in [0.15, 0.2) is 59.9 Å². The van der Waals surface area contributed by atoms with Crippen molar-refractivity contribution in [3.8, 4) is 5.75 Å². The maximum Gasteiger partial charge on any atom is 0.259 e. The molecule has 0 radical (unpaired) electrons. The fourth-order valence-electron chi connectivity index (χ4n) is 1.78. The summed E-state index contributed by atoms with van der Waals surface area (Å²) in [5, 5.41) is 0. The van der Waals surface area contributed by atoms with Crippen LogP contribution in [0.5, 0.6) is 5.75 Å². The number of aromatic nitrogens is 3. The highest BCUT2D eigenvalue weighted by molar-refractivity contribution is 5.51. The summed E-state index contributed by atoms with van der Waals surface area (Å²) in [5.41, 5.74) is 1.34. The lowest BCUT2D eigenvalue weighted by Gasteiger charge is -2.08. The van der Waals surface area contributed by atoms with Crippen LogP contribution in [0.4, 0.5) is 0 Å². The van der Waals surface area contributed by atoms with Gasteiger partial charge in [0.2, 0.25) is 0 Å². The summed E-state index contributed by atoms with van der Waals surface area (Å²) in [6.07, 6.45) is 4.46. The van der Waals surface area contributed by atoms with Crippen LogP contribution in [-0.4, -0.2) is 14.4 Å². The van der Waals surface area contributed by atoms with Gasteiger partial charge < -0.3 is 4.74 Å². The molecular weight excluding hydrogens is 242 g/mol. The van der Waals surface area contributed by atoms with Crippen LogP contribution in [0.3, 0.4) is 0 Å². The molecule has 3 aromatic rings. The number of hydrogen-bond acceptors (Lipinski definition) is 4. The molecule has 2 heterocycles. The summed E-state index contributed by atoms with van der Waals surface area (Å²) in [6, 6.07) is 11.2. The Morgan fingerprint density at radius 1 is 1.16 bits per heavy atom. The van der Waals surface area contributed by atoms with E-state index in [9.17, 15) is 4.79 Å². The Balaban J connectivity index is 1.93. The van der Waals surface area contributed by atoms with Crippen LogP contribution in [0.1, 0.15) is 5.56 Å². The Morgan fingerprint density at radius 2 is 2.00 bits per heavy atom. The van der Waals surface area contributed by atoms with Crippen molar-refractivity contribution in [2.24, 2.45) is 0 Å². The van der Waals surface area contributed by atoms with Gasteiger partial charge in [0.1, 0.15) is 12.9 Å². The topological polar surface area (TPSA) is 56.5 Å². The summed E-state index contributed by atoms with van der Waals surface area (Å²) in [5.74, 6) is 0.490. The van der Waals surface area contributed by atoms with E-state index in [2.05, 4.69) is 9.97 Å². The van der Waals surface area contributed by atoms with Gasteiger partial charge in [0, 0.05) is 12.3 Å². The molecule has 5 heteroatoms. The highest BCUT2D eigenvalue weighted by Gasteiger charge is 2.05. The quantitative estimate of drug-likeness (QED) is 0.712. The van der Waals surface area contributed by atoms with Gasteiger partial charge in [-0.1, -0.05) is 30.3 Å². The van der Waals surface area contributed by atoms with Crippen molar-refractivity contribution >= 4 is 5.65 Å². The van der Waals surface area contributed by atoms with Crippen molar-refractivity contribution in [3.05, 3.63) is 71.0 Å². The van der Waals surface area contributed by atoms with Crippen LogP contribution in [-0.2, 0) is 6.61 Å². The van der Waals surface area contributed by atoms with E-state index >= 15 is 0 Å². The van der Waals surface area contributed by atoms with E-state index in [1.54, 1.807) is 6.20 Å². The van der Waals surface area contributed by atoms with E-state index in [0.717, 1.165) is 5.56 Å². The third kappa shape index (κ3) is 2.30. The molecule has 0 N–H and O–H groups in total. The fourth-order valence-corrected chi connectivity index (χ4v) is 1.78. The second-order valence-electron chi connectivity index (χ2n) is 4.01. The summed E-state index contributed by atoms with van der Waals surface area (Å²) in [4.78, 5) is 19.8. The summed E-state index contributed by atoms with van der Waals surface area (Å²) in [6.45, 7) is 0.410. The molecule has 0 spiro atoms. The predicted octanol–water partition coefficient (Wildman–Crippen LogP) is 1.67. The van der Waals surface area contributed by atoms with Crippen LogP contribution < -0.4 is 10.3 Å². The zero-order valence-electron chi connectivity index (χ0n) is 10.1. The number of fused-ring (bicyclic) bond motifs is 1. The zero-order valence-corrected chi connectivity index (χ0v) is 10.1. The van der Waals surface area contributed by atoms with E-state index in [1.165, 1.54) is 23.0 Å². The van der Waals surface area contributed by atoms with Crippen molar-refractivity contribution < 1.29 is 4.74 Å². The minimum atomic E-state index is -0.178. The predicted molar refractivity (Wildman–Crippen MR) is 70.0 cm³/mol. The second-order valence-corrected chi connectivity index (χ2v) is 4.01. The highest BCUT2D eigenvalue weighted by Crippen LogP contribution is 2.15. The van der Waals surface area contributed by atoms with Crippen LogP contribution in [0.25, 0.3) is 5.65 Å². The first kappa shape index (κ1) is 11.4. The maximum absolute atomic E-state index is 11.6. The second kappa shape index (κ2) is 4.89. The molecule has 0 amide bonds. The average Bonchev–Trinajstić information content (AvgIpc) is 2.47. The summed E-state index contributed by atoms with van der Waals surface area (Å²) >= 11 is 0. The number of ether oxygens (including phenoxy) is 1. The maximum atomic E-state index is 11.6. The van der Waals surface area contributed by atoms with Crippen LogP contribution >= 0.6 is 0 Å². The van der Waals surface area contributed by atoms with E-state index in [1.807, 2.05) is 30.3 Å². The minimum Gasteiger partial charge on any atom is -0.483 e. The Morgan fingerprint density at radius 3 is 2.84 bits per heavy atom. The number of benzene rings is 1. The molecule has 0 unspecified atom stereocenters. The number of nitrogens with zero attached hydrogens (tertiary/aromatic N) is 3. The lowest BCUT2D eigenvalue weighted by molar-refractivity contribution is 0.306. The molecule has 2 aromatic heterocycles. The van der Waals surface area contributed by atoms with Gasteiger partial charge in [-0.05, 0) is 5.56 Å². The minimum absolute atomic E-state index is 0.178. The third-order valence-corrected chi connectivity index (χ3v) is 2.71. The van der Waals surface area contributed by atoms with Gasteiger partial charge >= 0.3 is 0 Å². The van der Waals surface area contributed by atoms with Crippen LogP contribution in [0.2, 0.25) is 0 Å². The molecule has 0 saturated carbocycles. The van der Waals surface area contributed by atoms with Gasteiger partial charge in [-0.15, -0.1) is 0 Å². The van der Waals surface area contributed by atoms with Crippen LogP contribution in [0, 0.1) is 0 Å². The Bertz CT molecular complexity index is 753. The van der Waals surface area contributed by atoms with Crippen molar-refractivity contribution in [2.75, 3.05) is 0 Å². The van der Waals surface area contributed by atoms with Gasteiger partial charge in [-0.3, -0.25) is 4.79 Å². The Hall–Kier alpha value is -2.69. The summed E-state index contributed by atoms with van der Waals surface area (Å²) < 4.78 is 7.04. The van der Waals surface area contributed by atoms with Gasteiger partial charge in [0.05, 0.1) is 6.20 Å². The van der Waals surface area contributed by atoms with Crippen molar-refractivity contribution in [1.82, 2.24) is 14.4 Å². The first-order chi connectivity index (χ1) is 9.34. The average molecular weight is 253 g/mol. The van der Waals surface area contributed by atoms with Crippen molar-refractivity contribution in [3.63, 3.8) is 0 Å². The standard InChI is InChI=1S/C14H11N3O2/c18-13-6-7-16-14-12(8-15-10-17(13)14)19-9-11-4-2-1-3-5-11/h1-8,10H,9H2. The Labute approximate surface area is 109 Å². The highest BCUT2D eigenvalue weighted by atomic mass is 16.5. The van der Waals surface area contributed by atoms with Gasteiger partial charge in [-0.25, -0.2) is 14.4 Å². The lowest BCUT2D eigenvalue weighted by Crippen LogP contribution is -2.14. The van der Waals surface area contributed by atoms with Gasteiger partial charge in [0.25, 0.3) is 5.56 Å². The smallest absolute Gasteiger partial charge is 0.259 e. The monoisotopic (exact) mass is 253 g/mol. The molecular formula is C14H11N3O2. The van der Waals surface area contributed by atoms with Gasteiger partial charge in [0.15, 0.2) is 11.4 Å². The molecule has 0 aliphatic rings. The largest absolute Gasteiger partial charge is 0.483 e. The number of rotatable bonds is 3. The summed E-state index contributed by atoms with van der Waals surface area (Å²) in [7, 11) is 0. The molecule has 0 saturated heterocycles. The lowest BCUT2D eigenvalue weighted by atomic mass is 10.2.